The van der Waals surface area contributed by atoms with E-state index in [9.17, 15) is 26.7 Å². The van der Waals surface area contributed by atoms with Crippen molar-refractivity contribution in [2.45, 2.75) is 42.7 Å². The van der Waals surface area contributed by atoms with Crippen molar-refractivity contribution in [3.8, 4) is 0 Å². The molecule has 19 heavy (non-hydrogen) atoms. The van der Waals surface area contributed by atoms with Gasteiger partial charge in [0.05, 0.1) is 11.0 Å². The van der Waals surface area contributed by atoms with Crippen LogP contribution in [0.3, 0.4) is 0 Å². The van der Waals surface area contributed by atoms with Crippen LogP contribution in [0.5, 0.6) is 0 Å². The maximum atomic E-state index is 12.6. The lowest BCUT2D eigenvalue weighted by Gasteiger charge is -2.22. The van der Waals surface area contributed by atoms with E-state index < -0.39 is 32.3 Å². The molecule has 0 aliphatic heterocycles. The van der Waals surface area contributed by atoms with Crippen molar-refractivity contribution in [1.29, 1.82) is 0 Å². The SMILES string of the molecule is CCC(c1ccccc1S(=O)(=O)C(F)(F)F)C(C)O. The summed E-state index contributed by atoms with van der Waals surface area (Å²) < 4.78 is 60.9. The Morgan fingerprint density at radius 2 is 1.79 bits per heavy atom. The Morgan fingerprint density at radius 3 is 2.21 bits per heavy atom. The van der Waals surface area contributed by atoms with Crippen LogP contribution in [0.25, 0.3) is 0 Å². The van der Waals surface area contributed by atoms with Gasteiger partial charge in [-0.05, 0) is 25.0 Å². The van der Waals surface area contributed by atoms with Crippen molar-refractivity contribution < 1.29 is 26.7 Å². The third kappa shape index (κ3) is 3.09. The fourth-order valence-corrected chi connectivity index (χ4v) is 3.01. The lowest BCUT2D eigenvalue weighted by Crippen LogP contribution is -2.26. The smallest absolute Gasteiger partial charge is 0.393 e. The van der Waals surface area contributed by atoms with Gasteiger partial charge in [-0.2, -0.15) is 13.2 Å². The number of hydrogen-bond donors (Lipinski definition) is 1. The molecule has 0 amide bonds. The van der Waals surface area contributed by atoms with E-state index in [1.165, 1.54) is 25.1 Å². The fraction of sp³-hybridized carbons (Fsp3) is 0.500. The largest absolute Gasteiger partial charge is 0.501 e. The van der Waals surface area contributed by atoms with Gasteiger partial charge in [-0.15, -0.1) is 0 Å². The molecule has 0 bridgehead atoms. The Kier molecular flexibility index (Phi) is 4.63. The van der Waals surface area contributed by atoms with Crippen LogP contribution >= 0.6 is 0 Å². The minimum absolute atomic E-state index is 0.00248. The monoisotopic (exact) mass is 296 g/mol. The van der Waals surface area contributed by atoms with Gasteiger partial charge in [0.2, 0.25) is 0 Å². The molecule has 108 valence electrons. The molecule has 0 spiro atoms. The van der Waals surface area contributed by atoms with E-state index in [1.54, 1.807) is 6.92 Å². The standard InChI is InChI=1S/C12H15F3O3S/c1-3-9(8(2)16)10-6-4-5-7-11(10)19(17,18)12(13,14)15/h4-9,16H,3H2,1-2H3. The second-order valence-electron chi connectivity index (χ2n) is 4.24. The van der Waals surface area contributed by atoms with E-state index in [2.05, 4.69) is 0 Å². The molecule has 1 aromatic carbocycles. The number of alkyl halides is 3. The summed E-state index contributed by atoms with van der Waals surface area (Å²) in [7, 11) is -5.41. The quantitative estimate of drug-likeness (QED) is 0.929. The Hall–Kier alpha value is -1.08. The van der Waals surface area contributed by atoms with Crippen molar-refractivity contribution >= 4 is 9.84 Å². The second-order valence-corrected chi connectivity index (χ2v) is 6.15. The van der Waals surface area contributed by atoms with Crippen molar-refractivity contribution in [2.24, 2.45) is 0 Å². The van der Waals surface area contributed by atoms with Gasteiger partial charge >= 0.3 is 5.51 Å². The first-order valence-corrected chi connectivity index (χ1v) is 7.19. The zero-order valence-corrected chi connectivity index (χ0v) is 11.3. The molecule has 0 fully saturated rings. The number of benzene rings is 1. The lowest BCUT2D eigenvalue weighted by molar-refractivity contribution is -0.0437. The zero-order chi connectivity index (χ0) is 14.8. The Bertz CT molecular complexity index is 535. The maximum Gasteiger partial charge on any atom is 0.501 e. The van der Waals surface area contributed by atoms with Gasteiger partial charge in [0.15, 0.2) is 0 Å². The normalized spacial score (nSPS) is 16.1. The van der Waals surface area contributed by atoms with E-state index in [1.807, 2.05) is 0 Å². The molecule has 0 radical (unpaired) electrons. The number of halogens is 3. The van der Waals surface area contributed by atoms with Crippen molar-refractivity contribution in [3.63, 3.8) is 0 Å². The van der Waals surface area contributed by atoms with Gasteiger partial charge < -0.3 is 5.11 Å². The van der Waals surface area contributed by atoms with Crippen LogP contribution in [0.15, 0.2) is 29.2 Å². The van der Waals surface area contributed by atoms with E-state index in [-0.39, 0.29) is 5.56 Å². The zero-order valence-electron chi connectivity index (χ0n) is 10.5. The molecule has 0 heterocycles. The van der Waals surface area contributed by atoms with E-state index >= 15 is 0 Å². The van der Waals surface area contributed by atoms with Crippen LogP contribution in [0.4, 0.5) is 13.2 Å². The lowest BCUT2D eigenvalue weighted by atomic mass is 9.92. The van der Waals surface area contributed by atoms with Crippen molar-refractivity contribution in [3.05, 3.63) is 29.8 Å². The Labute approximate surface area is 110 Å². The third-order valence-corrected chi connectivity index (χ3v) is 4.50. The summed E-state index contributed by atoms with van der Waals surface area (Å²) in [6.07, 6.45) is -0.600. The van der Waals surface area contributed by atoms with Gasteiger partial charge in [-0.25, -0.2) is 8.42 Å². The maximum absolute atomic E-state index is 12.6. The van der Waals surface area contributed by atoms with Gasteiger partial charge in [-0.1, -0.05) is 25.1 Å². The summed E-state index contributed by atoms with van der Waals surface area (Å²) in [6, 6.07) is 4.91. The highest BCUT2D eigenvalue weighted by Crippen LogP contribution is 2.36. The number of aliphatic hydroxyl groups is 1. The average Bonchev–Trinajstić information content (AvgIpc) is 2.28. The van der Waals surface area contributed by atoms with Crippen LogP contribution in [-0.2, 0) is 9.84 Å². The molecule has 0 aromatic heterocycles. The number of aliphatic hydroxyl groups excluding tert-OH is 1. The summed E-state index contributed by atoms with van der Waals surface area (Å²) in [4.78, 5) is -0.782. The van der Waals surface area contributed by atoms with Gasteiger partial charge in [0, 0.05) is 5.92 Å². The van der Waals surface area contributed by atoms with Crippen LogP contribution in [0.1, 0.15) is 31.7 Å². The predicted octanol–water partition coefficient (Wildman–Crippen LogP) is 2.85. The minimum Gasteiger partial charge on any atom is -0.393 e. The molecular formula is C12H15F3O3S. The molecule has 0 saturated heterocycles. The van der Waals surface area contributed by atoms with Crippen molar-refractivity contribution in [1.82, 2.24) is 0 Å². The van der Waals surface area contributed by atoms with Crippen LogP contribution in [0.2, 0.25) is 0 Å². The summed E-state index contributed by atoms with van der Waals surface area (Å²) in [6.45, 7) is 3.10. The van der Waals surface area contributed by atoms with E-state index in [0.29, 0.717) is 6.42 Å². The highest BCUT2D eigenvalue weighted by molar-refractivity contribution is 7.92. The molecule has 7 heteroatoms. The molecule has 0 aliphatic rings. The second kappa shape index (κ2) is 5.50. The Balaban J connectivity index is 3.48. The molecular weight excluding hydrogens is 281 g/mol. The number of rotatable bonds is 4. The topological polar surface area (TPSA) is 54.4 Å². The van der Waals surface area contributed by atoms with E-state index in [0.717, 1.165) is 6.07 Å². The highest BCUT2D eigenvalue weighted by Gasteiger charge is 2.48. The molecule has 1 N–H and O–H groups in total. The molecule has 1 aromatic rings. The number of sulfone groups is 1. The first kappa shape index (κ1) is 16.0. The summed E-state index contributed by atoms with van der Waals surface area (Å²) in [5.74, 6) is -0.659. The highest BCUT2D eigenvalue weighted by atomic mass is 32.2. The Morgan fingerprint density at radius 1 is 1.26 bits per heavy atom. The molecule has 2 atom stereocenters. The van der Waals surface area contributed by atoms with Crippen LogP contribution in [0, 0.1) is 0 Å². The third-order valence-electron chi connectivity index (χ3n) is 2.93. The summed E-state index contributed by atoms with van der Waals surface area (Å²) in [5, 5.41) is 9.58. The molecule has 2 unspecified atom stereocenters. The molecule has 0 saturated carbocycles. The van der Waals surface area contributed by atoms with Gasteiger partial charge in [0.1, 0.15) is 0 Å². The fourth-order valence-electron chi connectivity index (χ4n) is 1.98. The predicted molar refractivity (Wildman–Crippen MR) is 64.4 cm³/mol. The summed E-state index contributed by atoms with van der Waals surface area (Å²) >= 11 is 0. The van der Waals surface area contributed by atoms with Gasteiger partial charge in [-0.3, -0.25) is 0 Å². The first-order valence-electron chi connectivity index (χ1n) is 5.71. The van der Waals surface area contributed by atoms with E-state index in [4.69, 9.17) is 0 Å². The molecule has 0 aliphatic carbocycles. The average molecular weight is 296 g/mol. The van der Waals surface area contributed by atoms with Gasteiger partial charge in [0.25, 0.3) is 9.84 Å². The summed E-state index contributed by atoms with van der Waals surface area (Å²) in [5.41, 5.74) is -5.35. The first-order chi connectivity index (χ1) is 8.63. The molecule has 1 rings (SSSR count). The van der Waals surface area contributed by atoms with Crippen LogP contribution < -0.4 is 0 Å². The molecule has 3 nitrogen and oxygen atoms in total. The van der Waals surface area contributed by atoms with Crippen molar-refractivity contribution in [2.75, 3.05) is 0 Å². The number of hydrogen-bond acceptors (Lipinski definition) is 3. The minimum atomic E-state index is -5.41. The van der Waals surface area contributed by atoms with Crippen LogP contribution in [-0.4, -0.2) is 25.1 Å².